The first-order valence-electron chi connectivity index (χ1n) is 8.87. The summed E-state index contributed by atoms with van der Waals surface area (Å²) in [6.45, 7) is 2.38. The number of hydrogen-bond acceptors (Lipinski definition) is 3. The maximum Gasteiger partial charge on any atom is 0.410 e. The molecule has 0 fully saturated rings. The van der Waals surface area contributed by atoms with Gasteiger partial charge in [-0.15, -0.1) is 0 Å². The van der Waals surface area contributed by atoms with Crippen molar-refractivity contribution >= 4 is 39.3 Å². The monoisotopic (exact) mass is 478 g/mol. The molecule has 28 heavy (non-hydrogen) atoms. The predicted octanol–water partition coefficient (Wildman–Crippen LogP) is 5.49. The Balaban J connectivity index is 1.96. The van der Waals surface area contributed by atoms with Gasteiger partial charge in [-0.25, -0.2) is 4.68 Å². The smallest absolute Gasteiger partial charge is 0.362 e. The third kappa shape index (κ3) is 4.30. The molecular formula is C18H19BrClF3N4O. The van der Waals surface area contributed by atoms with Crippen LogP contribution in [-0.4, -0.2) is 28.4 Å². The minimum Gasteiger partial charge on any atom is -0.362 e. The molecule has 0 bridgehead atoms. The van der Waals surface area contributed by atoms with E-state index in [9.17, 15) is 18.0 Å². The highest BCUT2D eigenvalue weighted by molar-refractivity contribution is 9.10. The Morgan fingerprint density at radius 2 is 2.07 bits per heavy atom. The Kier molecular flexibility index (Phi) is 6.24. The SMILES string of the molecule is CCCCNC(=O)c1nn2c(c1Cl)N[C@@H](c1ccc(Br)cc1)C[C@@H]2C(F)(F)F. The highest BCUT2D eigenvalue weighted by atomic mass is 79.9. The lowest BCUT2D eigenvalue weighted by molar-refractivity contribution is -0.173. The van der Waals surface area contributed by atoms with Crippen LogP contribution in [0.4, 0.5) is 19.0 Å². The number of hydrogen-bond donors (Lipinski definition) is 2. The van der Waals surface area contributed by atoms with Crippen LogP contribution in [0.5, 0.6) is 0 Å². The molecule has 152 valence electrons. The Labute approximate surface area is 173 Å². The molecule has 2 N–H and O–H groups in total. The van der Waals surface area contributed by atoms with Crippen molar-refractivity contribution in [2.24, 2.45) is 0 Å². The van der Waals surface area contributed by atoms with E-state index in [1.54, 1.807) is 24.3 Å². The summed E-state index contributed by atoms with van der Waals surface area (Å²) in [5.41, 5.74) is 0.487. The number of unbranched alkanes of at least 4 members (excludes halogenated alkanes) is 1. The van der Waals surface area contributed by atoms with Crippen LogP contribution in [0.25, 0.3) is 0 Å². The van der Waals surface area contributed by atoms with Gasteiger partial charge in [0.1, 0.15) is 10.8 Å². The Bertz CT molecular complexity index is 854. The third-order valence-electron chi connectivity index (χ3n) is 4.60. The number of anilines is 1. The van der Waals surface area contributed by atoms with Gasteiger partial charge < -0.3 is 10.6 Å². The van der Waals surface area contributed by atoms with Crippen LogP contribution in [0.15, 0.2) is 28.7 Å². The molecule has 0 spiro atoms. The Morgan fingerprint density at radius 3 is 2.68 bits per heavy atom. The van der Waals surface area contributed by atoms with E-state index in [1.165, 1.54) is 0 Å². The zero-order valence-electron chi connectivity index (χ0n) is 15.0. The van der Waals surface area contributed by atoms with Gasteiger partial charge in [0.2, 0.25) is 0 Å². The van der Waals surface area contributed by atoms with E-state index in [2.05, 4.69) is 31.7 Å². The van der Waals surface area contributed by atoms with Gasteiger partial charge in [-0.1, -0.05) is 53.0 Å². The quantitative estimate of drug-likeness (QED) is 0.558. The van der Waals surface area contributed by atoms with E-state index in [1.807, 2.05) is 6.92 Å². The molecule has 2 heterocycles. The Hall–Kier alpha value is -1.74. The number of nitrogens with one attached hydrogen (secondary N) is 2. The normalized spacial score (nSPS) is 19.1. The lowest BCUT2D eigenvalue weighted by Crippen LogP contribution is -2.36. The molecule has 0 saturated heterocycles. The maximum absolute atomic E-state index is 13.7. The molecule has 5 nitrogen and oxygen atoms in total. The van der Waals surface area contributed by atoms with Crippen molar-refractivity contribution in [2.45, 2.75) is 44.4 Å². The molecule has 0 radical (unpaired) electrons. The van der Waals surface area contributed by atoms with Crippen LogP contribution in [0, 0.1) is 0 Å². The molecule has 1 amide bonds. The summed E-state index contributed by atoms with van der Waals surface area (Å²) < 4.78 is 42.8. The summed E-state index contributed by atoms with van der Waals surface area (Å²) in [6.07, 6.45) is -3.16. The van der Waals surface area contributed by atoms with E-state index >= 15 is 0 Å². The average molecular weight is 480 g/mol. The first-order valence-corrected chi connectivity index (χ1v) is 10.0. The second-order valence-electron chi connectivity index (χ2n) is 6.61. The van der Waals surface area contributed by atoms with Crippen molar-refractivity contribution in [3.05, 3.63) is 45.0 Å². The number of carbonyl (C=O) groups excluding carboxylic acids is 1. The standard InChI is InChI=1S/C18H19BrClF3N4O/c1-2-3-8-24-17(28)15-14(20)16-25-12(10-4-6-11(19)7-5-10)9-13(18(21,22)23)27(16)26-15/h4-7,12-13,25H,2-3,8-9H2,1H3,(H,24,28)/t12-,13-/m1/s1. The zero-order chi connectivity index (χ0) is 20.5. The minimum atomic E-state index is -4.53. The number of alkyl halides is 3. The number of nitrogens with zero attached hydrogens (tertiary/aromatic N) is 2. The maximum atomic E-state index is 13.7. The second kappa shape index (κ2) is 8.32. The summed E-state index contributed by atoms with van der Waals surface area (Å²) >= 11 is 9.58. The van der Waals surface area contributed by atoms with Crippen molar-refractivity contribution < 1.29 is 18.0 Å². The van der Waals surface area contributed by atoms with Gasteiger partial charge in [-0.3, -0.25) is 4.79 Å². The summed E-state index contributed by atoms with van der Waals surface area (Å²) in [5.74, 6) is -0.577. The van der Waals surface area contributed by atoms with Gasteiger partial charge in [0, 0.05) is 17.4 Å². The minimum absolute atomic E-state index is 0.00352. The van der Waals surface area contributed by atoms with Crippen LogP contribution in [-0.2, 0) is 0 Å². The van der Waals surface area contributed by atoms with Crippen LogP contribution in [0.1, 0.15) is 54.3 Å². The number of fused-ring (bicyclic) bond motifs is 1. The number of rotatable bonds is 5. The Morgan fingerprint density at radius 1 is 1.39 bits per heavy atom. The zero-order valence-corrected chi connectivity index (χ0v) is 17.3. The highest BCUT2D eigenvalue weighted by Gasteiger charge is 2.47. The van der Waals surface area contributed by atoms with Gasteiger partial charge in [0.05, 0.1) is 6.04 Å². The van der Waals surface area contributed by atoms with Crippen LogP contribution in [0.2, 0.25) is 5.02 Å². The predicted molar refractivity (Wildman–Crippen MR) is 105 cm³/mol. The molecule has 2 atom stereocenters. The van der Waals surface area contributed by atoms with Crippen LogP contribution < -0.4 is 10.6 Å². The first kappa shape index (κ1) is 21.0. The summed E-state index contributed by atoms with van der Waals surface area (Å²) in [7, 11) is 0. The number of benzene rings is 1. The van der Waals surface area contributed by atoms with Crippen molar-refractivity contribution in [2.75, 3.05) is 11.9 Å². The third-order valence-corrected chi connectivity index (χ3v) is 5.49. The van der Waals surface area contributed by atoms with Gasteiger partial charge in [0.15, 0.2) is 11.7 Å². The highest BCUT2D eigenvalue weighted by Crippen LogP contribution is 2.46. The summed E-state index contributed by atoms with van der Waals surface area (Å²) in [6, 6.07) is 4.52. The van der Waals surface area contributed by atoms with E-state index in [4.69, 9.17) is 11.6 Å². The van der Waals surface area contributed by atoms with E-state index in [0.29, 0.717) is 12.1 Å². The first-order chi connectivity index (χ1) is 13.2. The van der Waals surface area contributed by atoms with E-state index in [-0.39, 0.29) is 23.0 Å². The lowest BCUT2D eigenvalue weighted by Gasteiger charge is -2.33. The summed E-state index contributed by atoms with van der Waals surface area (Å²) in [4.78, 5) is 12.3. The lowest BCUT2D eigenvalue weighted by atomic mass is 9.97. The van der Waals surface area contributed by atoms with Crippen molar-refractivity contribution in [3.63, 3.8) is 0 Å². The molecule has 0 aliphatic carbocycles. The number of amides is 1. The van der Waals surface area contributed by atoms with Crippen LogP contribution >= 0.6 is 27.5 Å². The molecule has 0 unspecified atom stereocenters. The molecule has 3 rings (SSSR count). The summed E-state index contributed by atoms with van der Waals surface area (Å²) in [5, 5.41) is 9.45. The fourth-order valence-electron chi connectivity index (χ4n) is 3.11. The molecule has 10 heteroatoms. The van der Waals surface area contributed by atoms with Crippen molar-refractivity contribution in [3.8, 4) is 0 Å². The molecule has 2 aromatic rings. The van der Waals surface area contributed by atoms with E-state index in [0.717, 1.165) is 22.0 Å². The molecule has 0 saturated carbocycles. The van der Waals surface area contributed by atoms with Crippen LogP contribution in [0.3, 0.4) is 0 Å². The molecule has 1 aliphatic rings. The number of aromatic nitrogens is 2. The molecule has 1 aliphatic heterocycles. The van der Waals surface area contributed by atoms with Gasteiger partial charge >= 0.3 is 6.18 Å². The van der Waals surface area contributed by atoms with Crippen molar-refractivity contribution in [1.29, 1.82) is 0 Å². The van der Waals surface area contributed by atoms with Gasteiger partial charge in [-0.2, -0.15) is 18.3 Å². The topological polar surface area (TPSA) is 59.0 Å². The fraction of sp³-hybridized carbons (Fsp3) is 0.444. The average Bonchev–Trinajstić information content (AvgIpc) is 2.98. The van der Waals surface area contributed by atoms with Crippen molar-refractivity contribution in [1.82, 2.24) is 15.1 Å². The molecular weight excluding hydrogens is 461 g/mol. The molecule has 1 aromatic carbocycles. The largest absolute Gasteiger partial charge is 0.410 e. The second-order valence-corrected chi connectivity index (χ2v) is 7.90. The fourth-order valence-corrected chi connectivity index (χ4v) is 3.64. The van der Waals surface area contributed by atoms with Gasteiger partial charge in [0.25, 0.3) is 5.91 Å². The van der Waals surface area contributed by atoms with E-state index < -0.39 is 24.2 Å². The van der Waals surface area contributed by atoms with Gasteiger partial charge in [-0.05, 0) is 24.1 Å². The molecule has 1 aromatic heterocycles. The number of carbonyl (C=O) groups is 1. The number of halogens is 5.